The van der Waals surface area contributed by atoms with Crippen LogP contribution in [-0.2, 0) is 14.8 Å². The second-order valence-electron chi connectivity index (χ2n) is 3.83. The van der Waals surface area contributed by atoms with Gasteiger partial charge in [0, 0.05) is 20.2 Å². The van der Waals surface area contributed by atoms with Crippen LogP contribution in [0.15, 0.2) is 4.34 Å². The van der Waals surface area contributed by atoms with Gasteiger partial charge in [-0.15, -0.1) is 10.2 Å². The quantitative estimate of drug-likeness (QED) is 0.827. The molecule has 0 spiro atoms. The van der Waals surface area contributed by atoms with Crippen LogP contribution in [0, 0.1) is 0 Å². The van der Waals surface area contributed by atoms with Crippen LogP contribution in [0.25, 0.3) is 0 Å². The number of rotatable bonds is 4. The zero-order chi connectivity index (χ0) is 12.5. The van der Waals surface area contributed by atoms with Crippen molar-refractivity contribution in [2.24, 2.45) is 0 Å². The molecule has 1 aromatic rings. The molecule has 1 fully saturated rings. The maximum atomic E-state index is 12.1. The Bertz CT molecular complexity index is 481. The smallest absolute Gasteiger partial charge is 0.272 e. The minimum Gasteiger partial charge on any atom is -0.377 e. The van der Waals surface area contributed by atoms with Crippen LogP contribution in [0.4, 0.5) is 5.13 Å². The molecule has 1 unspecified atom stereocenters. The van der Waals surface area contributed by atoms with Gasteiger partial charge in [-0.2, -0.15) is 4.31 Å². The predicted octanol–water partition coefficient (Wildman–Crippen LogP) is -0.0802. The van der Waals surface area contributed by atoms with Crippen molar-refractivity contribution in [3.05, 3.63) is 0 Å². The van der Waals surface area contributed by atoms with Crippen LogP contribution in [-0.4, -0.2) is 49.2 Å². The van der Waals surface area contributed by atoms with E-state index in [1.54, 1.807) is 0 Å². The van der Waals surface area contributed by atoms with Crippen molar-refractivity contribution in [1.29, 1.82) is 0 Å². The molecule has 2 N–H and O–H groups in total. The first-order valence-electron chi connectivity index (χ1n) is 5.17. The first-order valence-corrected chi connectivity index (χ1v) is 7.43. The van der Waals surface area contributed by atoms with Gasteiger partial charge in [-0.3, -0.25) is 0 Å². The highest BCUT2D eigenvalue weighted by molar-refractivity contribution is 7.91. The molecule has 0 amide bonds. The van der Waals surface area contributed by atoms with Gasteiger partial charge >= 0.3 is 0 Å². The predicted molar refractivity (Wildman–Crippen MR) is 63.1 cm³/mol. The molecule has 0 saturated carbocycles. The van der Waals surface area contributed by atoms with E-state index < -0.39 is 10.0 Å². The van der Waals surface area contributed by atoms with Crippen LogP contribution in [0.2, 0.25) is 0 Å². The van der Waals surface area contributed by atoms with Crippen LogP contribution < -0.4 is 5.73 Å². The van der Waals surface area contributed by atoms with E-state index in [9.17, 15) is 8.42 Å². The Morgan fingerprint density at radius 1 is 1.59 bits per heavy atom. The maximum absolute atomic E-state index is 12.1. The Balaban J connectivity index is 2.09. The highest BCUT2D eigenvalue weighted by Crippen LogP contribution is 2.22. The van der Waals surface area contributed by atoms with E-state index in [0.29, 0.717) is 13.2 Å². The number of hydrogen-bond donors (Lipinski definition) is 1. The van der Waals surface area contributed by atoms with Crippen molar-refractivity contribution in [3.8, 4) is 0 Å². The summed E-state index contributed by atoms with van der Waals surface area (Å²) in [5, 5.41) is 7.21. The normalized spacial score (nSPS) is 21.2. The highest BCUT2D eigenvalue weighted by atomic mass is 32.2. The van der Waals surface area contributed by atoms with Gasteiger partial charge in [0.1, 0.15) is 0 Å². The Morgan fingerprint density at radius 3 is 2.88 bits per heavy atom. The summed E-state index contributed by atoms with van der Waals surface area (Å²) in [6, 6.07) is 0. The molecule has 17 heavy (non-hydrogen) atoms. The molecule has 96 valence electrons. The molecule has 0 aliphatic carbocycles. The molecular weight excluding hydrogens is 264 g/mol. The van der Waals surface area contributed by atoms with Crippen molar-refractivity contribution in [2.45, 2.75) is 23.3 Å². The molecule has 1 aliphatic rings. The summed E-state index contributed by atoms with van der Waals surface area (Å²) < 4.78 is 30.7. The van der Waals surface area contributed by atoms with Gasteiger partial charge in [0.25, 0.3) is 10.0 Å². The van der Waals surface area contributed by atoms with E-state index in [1.165, 1.54) is 11.4 Å². The number of aromatic nitrogens is 2. The van der Waals surface area contributed by atoms with Gasteiger partial charge in [0.2, 0.25) is 9.47 Å². The van der Waals surface area contributed by atoms with Gasteiger partial charge in [-0.25, -0.2) is 8.42 Å². The maximum Gasteiger partial charge on any atom is 0.272 e. The second kappa shape index (κ2) is 4.84. The number of ether oxygens (including phenoxy) is 1. The summed E-state index contributed by atoms with van der Waals surface area (Å²) in [5.74, 6) is 0. The molecule has 2 rings (SSSR count). The number of anilines is 1. The molecular formula is C8H14N4O3S2. The van der Waals surface area contributed by atoms with Gasteiger partial charge in [0.05, 0.1) is 6.10 Å². The molecule has 1 atom stereocenters. The Hall–Kier alpha value is -0.770. The van der Waals surface area contributed by atoms with Crippen molar-refractivity contribution in [1.82, 2.24) is 14.5 Å². The molecule has 0 bridgehead atoms. The minimum absolute atomic E-state index is 0.0277. The number of likely N-dealkylation sites (N-methyl/N-ethyl adjacent to an activating group) is 1. The number of sulfonamides is 1. The molecule has 1 saturated heterocycles. The zero-order valence-electron chi connectivity index (χ0n) is 9.37. The summed E-state index contributed by atoms with van der Waals surface area (Å²) in [4.78, 5) is 0. The second-order valence-corrected chi connectivity index (χ2v) is 7.05. The molecule has 7 nitrogen and oxygen atoms in total. The SMILES string of the molecule is CN(CC1CCCO1)S(=O)(=O)c1nnc(N)s1. The third kappa shape index (κ3) is 2.73. The number of nitrogen functional groups attached to an aromatic ring is 1. The van der Waals surface area contributed by atoms with E-state index in [4.69, 9.17) is 10.5 Å². The lowest BCUT2D eigenvalue weighted by Gasteiger charge is -2.18. The Kier molecular flexibility index (Phi) is 3.61. The van der Waals surface area contributed by atoms with Crippen molar-refractivity contribution >= 4 is 26.5 Å². The van der Waals surface area contributed by atoms with E-state index in [-0.39, 0.29) is 15.6 Å². The first-order chi connectivity index (χ1) is 8.00. The standard InChI is InChI=1S/C8H14N4O3S2/c1-12(5-6-3-2-4-15-6)17(13,14)8-11-10-7(9)16-8/h6H,2-5H2,1H3,(H2,9,10). The third-order valence-corrected chi connectivity index (χ3v) is 5.46. The van der Waals surface area contributed by atoms with Crippen LogP contribution >= 0.6 is 11.3 Å². The lowest BCUT2D eigenvalue weighted by molar-refractivity contribution is 0.0979. The highest BCUT2D eigenvalue weighted by Gasteiger charge is 2.28. The first kappa shape index (κ1) is 12.7. The van der Waals surface area contributed by atoms with Crippen molar-refractivity contribution in [2.75, 3.05) is 25.9 Å². The fourth-order valence-corrected chi connectivity index (χ4v) is 3.81. The van der Waals surface area contributed by atoms with Crippen LogP contribution in [0.1, 0.15) is 12.8 Å². The summed E-state index contributed by atoms with van der Waals surface area (Å²) in [7, 11) is -2.08. The number of nitrogens with two attached hydrogens (primary N) is 1. The van der Waals surface area contributed by atoms with E-state index in [1.807, 2.05) is 0 Å². The third-order valence-electron chi connectivity index (χ3n) is 2.54. The minimum atomic E-state index is -3.59. The summed E-state index contributed by atoms with van der Waals surface area (Å²) in [5.41, 5.74) is 5.38. The zero-order valence-corrected chi connectivity index (χ0v) is 11.0. The van der Waals surface area contributed by atoms with Crippen LogP contribution in [0.3, 0.4) is 0 Å². The molecule has 1 aromatic heterocycles. The molecule has 0 radical (unpaired) electrons. The number of hydrogen-bond acceptors (Lipinski definition) is 7. The fourth-order valence-electron chi connectivity index (χ4n) is 1.63. The van der Waals surface area contributed by atoms with Crippen LogP contribution in [0.5, 0.6) is 0 Å². The average molecular weight is 278 g/mol. The van der Waals surface area contributed by atoms with Gasteiger partial charge in [-0.1, -0.05) is 11.3 Å². The topological polar surface area (TPSA) is 98.4 Å². The summed E-state index contributed by atoms with van der Waals surface area (Å²) in [6.45, 7) is 1.03. The van der Waals surface area contributed by atoms with Gasteiger partial charge in [-0.05, 0) is 12.8 Å². The summed E-state index contributed by atoms with van der Waals surface area (Å²) in [6.07, 6.45) is 1.84. The Labute approximate surface area is 104 Å². The van der Waals surface area contributed by atoms with Gasteiger partial charge in [0.15, 0.2) is 0 Å². The largest absolute Gasteiger partial charge is 0.377 e. The lowest BCUT2D eigenvalue weighted by Crippen LogP contribution is -2.34. The van der Waals surface area contributed by atoms with Crippen molar-refractivity contribution in [3.63, 3.8) is 0 Å². The van der Waals surface area contributed by atoms with Crippen molar-refractivity contribution < 1.29 is 13.2 Å². The van der Waals surface area contributed by atoms with E-state index in [0.717, 1.165) is 24.2 Å². The van der Waals surface area contributed by atoms with E-state index >= 15 is 0 Å². The Morgan fingerprint density at radius 2 is 2.35 bits per heavy atom. The fraction of sp³-hybridized carbons (Fsp3) is 0.750. The van der Waals surface area contributed by atoms with E-state index in [2.05, 4.69) is 10.2 Å². The number of nitrogens with zero attached hydrogens (tertiary/aromatic N) is 3. The molecule has 0 aromatic carbocycles. The summed E-state index contributed by atoms with van der Waals surface area (Å²) >= 11 is 0.866. The average Bonchev–Trinajstić information content (AvgIpc) is 2.89. The molecule has 2 heterocycles. The lowest BCUT2D eigenvalue weighted by atomic mass is 10.2. The monoisotopic (exact) mass is 278 g/mol. The van der Waals surface area contributed by atoms with Gasteiger partial charge < -0.3 is 10.5 Å². The molecule has 9 heteroatoms. The molecule has 1 aliphatic heterocycles.